The van der Waals surface area contributed by atoms with Crippen LogP contribution in [-0.2, 0) is 11.2 Å². The van der Waals surface area contributed by atoms with Gasteiger partial charge in [0.1, 0.15) is 5.60 Å². The maximum Gasteiger partial charge on any atom is 0.410 e. The molecule has 1 aliphatic rings. The molecule has 3 heterocycles. The highest BCUT2D eigenvalue weighted by Gasteiger charge is 2.31. The number of aromatic nitrogens is 2. The van der Waals surface area contributed by atoms with Crippen LogP contribution in [-0.4, -0.2) is 51.9 Å². The number of hydrogen-bond donors (Lipinski definition) is 1. The van der Waals surface area contributed by atoms with Gasteiger partial charge in [-0.3, -0.25) is 0 Å². The monoisotopic (exact) mass is 441 g/mol. The summed E-state index contributed by atoms with van der Waals surface area (Å²) >= 11 is 0.916. The highest BCUT2D eigenvalue weighted by Crippen LogP contribution is 2.34. The molecular formula is C19H22F3N5O2S. The Labute approximate surface area is 176 Å². The molecule has 1 N–H and O–H groups in total. The van der Waals surface area contributed by atoms with Crippen LogP contribution in [0.3, 0.4) is 0 Å². The summed E-state index contributed by atoms with van der Waals surface area (Å²) in [6.45, 7) is 13.6. The van der Waals surface area contributed by atoms with Crippen LogP contribution in [0.1, 0.15) is 38.5 Å². The fourth-order valence-corrected chi connectivity index (χ4v) is 4.18. The number of amides is 1. The average Bonchev–Trinajstić information content (AvgIpc) is 3.01. The van der Waals surface area contributed by atoms with Crippen molar-refractivity contribution in [2.45, 2.75) is 57.9 Å². The van der Waals surface area contributed by atoms with Gasteiger partial charge in [0.25, 0.3) is 0 Å². The minimum absolute atomic E-state index is 0.0358. The number of nitrogens with zero attached hydrogens (tertiary/aromatic N) is 4. The summed E-state index contributed by atoms with van der Waals surface area (Å²) < 4.78 is 43.7. The van der Waals surface area contributed by atoms with E-state index in [2.05, 4.69) is 20.1 Å². The fourth-order valence-electron chi connectivity index (χ4n) is 3.13. The van der Waals surface area contributed by atoms with Gasteiger partial charge in [0.2, 0.25) is 0 Å². The predicted octanol–water partition coefficient (Wildman–Crippen LogP) is 5.16. The topological polar surface area (TPSA) is 71.7 Å². The number of carbonyl (C=O) groups excluding carboxylic acids is 1. The van der Waals surface area contributed by atoms with Gasteiger partial charge in [-0.1, -0.05) is 0 Å². The molecule has 0 saturated carbocycles. The number of thiophene rings is 1. The molecule has 0 spiro atoms. The molecule has 162 valence electrons. The minimum Gasteiger partial charge on any atom is -0.444 e. The van der Waals surface area contributed by atoms with Crippen LogP contribution < -0.4 is 5.32 Å². The van der Waals surface area contributed by atoms with Gasteiger partial charge < -0.3 is 19.8 Å². The van der Waals surface area contributed by atoms with E-state index in [1.54, 1.807) is 4.90 Å². The van der Waals surface area contributed by atoms with Crippen LogP contribution in [0.4, 0.5) is 29.7 Å². The highest BCUT2D eigenvalue weighted by molar-refractivity contribution is 7.18. The summed E-state index contributed by atoms with van der Waals surface area (Å²) in [7, 11) is 0. The molecule has 11 heteroatoms. The van der Waals surface area contributed by atoms with Gasteiger partial charge in [-0.25, -0.2) is 4.79 Å². The molecule has 1 aliphatic heterocycles. The van der Waals surface area contributed by atoms with Crippen molar-refractivity contribution in [1.82, 2.24) is 14.9 Å². The quantitative estimate of drug-likeness (QED) is 0.667. The number of nitrogens with one attached hydrogen (secondary N) is 1. The van der Waals surface area contributed by atoms with Crippen molar-refractivity contribution in [2.75, 3.05) is 18.4 Å². The SMILES string of the molecule is [C-]#[N+]c1nc(NC2CCN(C(=O)OC(C)(C)C)CC2)c2cc(CC(F)(F)F)sc2n1. The first-order chi connectivity index (χ1) is 13.9. The van der Waals surface area contributed by atoms with Gasteiger partial charge in [-0.15, -0.1) is 27.9 Å². The van der Waals surface area contributed by atoms with Crippen LogP contribution in [0.25, 0.3) is 15.1 Å². The summed E-state index contributed by atoms with van der Waals surface area (Å²) in [5, 5.41) is 3.71. The Balaban J connectivity index is 1.73. The highest BCUT2D eigenvalue weighted by atomic mass is 32.1. The number of rotatable bonds is 3. The number of likely N-dealkylation sites (tertiary alicyclic amines) is 1. The second kappa shape index (κ2) is 8.26. The van der Waals surface area contributed by atoms with E-state index in [0.717, 1.165) is 11.3 Å². The van der Waals surface area contributed by atoms with Crippen LogP contribution in [0.15, 0.2) is 6.07 Å². The van der Waals surface area contributed by atoms with E-state index in [9.17, 15) is 18.0 Å². The number of carbonyl (C=O) groups is 1. The second-order valence-corrected chi connectivity index (χ2v) is 9.21. The fraction of sp³-hybridized carbons (Fsp3) is 0.579. The Hall–Kier alpha value is -2.61. The molecule has 1 saturated heterocycles. The lowest BCUT2D eigenvalue weighted by Gasteiger charge is -2.33. The zero-order valence-electron chi connectivity index (χ0n) is 16.8. The minimum atomic E-state index is -4.32. The molecule has 0 unspecified atom stereocenters. The first-order valence-electron chi connectivity index (χ1n) is 9.42. The Kier molecular flexibility index (Phi) is 6.08. The van der Waals surface area contributed by atoms with E-state index in [4.69, 9.17) is 11.3 Å². The lowest BCUT2D eigenvalue weighted by molar-refractivity contribution is -0.126. The third kappa shape index (κ3) is 5.72. The molecule has 30 heavy (non-hydrogen) atoms. The van der Waals surface area contributed by atoms with E-state index in [0.29, 0.717) is 42.0 Å². The first kappa shape index (κ1) is 22.1. The number of halogens is 3. The number of anilines is 1. The number of piperidine rings is 1. The van der Waals surface area contributed by atoms with Crippen molar-refractivity contribution in [3.05, 3.63) is 22.4 Å². The van der Waals surface area contributed by atoms with Crippen molar-refractivity contribution in [2.24, 2.45) is 0 Å². The summed E-state index contributed by atoms with van der Waals surface area (Å²) in [4.78, 5) is 25.7. The van der Waals surface area contributed by atoms with Gasteiger partial charge in [0.05, 0.1) is 11.8 Å². The molecule has 2 aromatic heterocycles. The third-order valence-corrected chi connectivity index (χ3v) is 5.42. The molecule has 0 bridgehead atoms. The Morgan fingerprint density at radius 3 is 2.57 bits per heavy atom. The van der Waals surface area contributed by atoms with Crippen LogP contribution in [0.5, 0.6) is 0 Å². The zero-order chi connectivity index (χ0) is 22.1. The number of fused-ring (bicyclic) bond motifs is 1. The zero-order valence-corrected chi connectivity index (χ0v) is 17.7. The standard InChI is InChI=1S/C19H22F3N5O2S/c1-18(2,3)29-17(28)27-7-5-11(6-8-27)24-14-13-9-12(10-19(20,21)22)30-15(13)26-16(23-4)25-14/h9,11H,5-8,10H2,1-3H3,(H,24,25,26). The van der Waals surface area contributed by atoms with Crippen molar-refractivity contribution >= 4 is 39.4 Å². The third-order valence-electron chi connectivity index (χ3n) is 4.39. The van der Waals surface area contributed by atoms with Crippen LogP contribution in [0, 0.1) is 6.57 Å². The Morgan fingerprint density at radius 2 is 2.00 bits per heavy atom. The van der Waals surface area contributed by atoms with Crippen molar-refractivity contribution in [3.63, 3.8) is 0 Å². The smallest absolute Gasteiger partial charge is 0.410 e. The molecule has 3 rings (SSSR count). The first-order valence-corrected chi connectivity index (χ1v) is 10.2. The Morgan fingerprint density at radius 1 is 1.33 bits per heavy atom. The number of alkyl halides is 3. The largest absolute Gasteiger partial charge is 0.444 e. The molecule has 0 aromatic carbocycles. The molecule has 0 radical (unpaired) electrons. The summed E-state index contributed by atoms with van der Waals surface area (Å²) in [5.74, 6) is 0.239. The molecule has 0 atom stereocenters. The predicted molar refractivity (Wildman–Crippen MR) is 108 cm³/mol. The second-order valence-electron chi connectivity index (χ2n) is 8.09. The summed E-state index contributed by atoms with van der Waals surface area (Å²) in [6.07, 6.45) is -4.49. The van der Waals surface area contributed by atoms with Gasteiger partial charge in [-0.05, 0) is 39.7 Å². The molecular weight excluding hydrogens is 419 g/mol. The maximum absolute atomic E-state index is 12.8. The average molecular weight is 441 g/mol. The summed E-state index contributed by atoms with van der Waals surface area (Å²) in [6, 6.07) is 1.39. The van der Waals surface area contributed by atoms with Crippen LogP contribution >= 0.6 is 11.3 Å². The lowest BCUT2D eigenvalue weighted by atomic mass is 10.1. The maximum atomic E-state index is 12.8. The van der Waals surface area contributed by atoms with E-state index in [1.165, 1.54) is 6.07 Å². The van der Waals surface area contributed by atoms with Gasteiger partial charge in [-0.2, -0.15) is 13.2 Å². The van der Waals surface area contributed by atoms with Crippen LogP contribution in [0.2, 0.25) is 0 Å². The summed E-state index contributed by atoms with van der Waals surface area (Å²) in [5.41, 5.74) is -0.567. The molecule has 1 amide bonds. The van der Waals surface area contributed by atoms with Gasteiger partial charge in [0.15, 0.2) is 10.6 Å². The normalized spacial score (nSPS) is 15.8. The number of hydrogen-bond acceptors (Lipinski definition) is 6. The Bertz CT molecular complexity index is 969. The van der Waals surface area contributed by atoms with Crippen molar-refractivity contribution < 1.29 is 22.7 Å². The molecule has 0 aliphatic carbocycles. The van der Waals surface area contributed by atoms with E-state index in [-0.39, 0.29) is 23.0 Å². The van der Waals surface area contributed by atoms with E-state index >= 15 is 0 Å². The molecule has 1 fully saturated rings. The van der Waals surface area contributed by atoms with Gasteiger partial charge >= 0.3 is 18.2 Å². The molecule has 2 aromatic rings. The lowest BCUT2D eigenvalue weighted by Crippen LogP contribution is -2.44. The number of ether oxygens (including phenoxy) is 1. The van der Waals surface area contributed by atoms with Crippen molar-refractivity contribution in [1.29, 1.82) is 0 Å². The van der Waals surface area contributed by atoms with E-state index in [1.807, 2.05) is 20.8 Å². The van der Waals surface area contributed by atoms with Crippen molar-refractivity contribution in [3.8, 4) is 0 Å². The van der Waals surface area contributed by atoms with Gasteiger partial charge in [0, 0.05) is 24.0 Å². The molecule has 7 nitrogen and oxygen atoms in total. The van der Waals surface area contributed by atoms with E-state index < -0.39 is 18.2 Å².